The SMILES string of the molecule is CN(C(=O)OCC1c2ccccc2-c2ccccc21)[C@@H](CC(=O)O)C(=O)OC(C)(C)c1ccccc1. The van der Waals surface area contributed by atoms with Gasteiger partial charge in [-0.15, -0.1) is 0 Å². The summed E-state index contributed by atoms with van der Waals surface area (Å²) in [6.45, 7) is 3.48. The van der Waals surface area contributed by atoms with Crippen LogP contribution in [-0.2, 0) is 24.7 Å². The smallest absolute Gasteiger partial charge is 0.410 e. The number of carbonyl (C=O) groups excluding carboxylic acids is 2. The van der Waals surface area contributed by atoms with Crippen molar-refractivity contribution in [2.24, 2.45) is 0 Å². The van der Waals surface area contributed by atoms with Crippen LogP contribution >= 0.6 is 0 Å². The molecule has 1 N–H and O–H groups in total. The fraction of sp³-hybridized carbons (Fsp3) is 0.276. The van der Waals surface area contributed by atoms with Crippen molar-refractivity contribution >= 4 is 18.0 Å². The van der Waals surface area contributed by atoms with E-state index >= 15 is 0 Å². The van der Waals surface area contributed by atoms with Gasteiger partial charge in [-0.2, -0.15) is 0 Å². The largest absolute Gasteiger partial charge is 0.481 e. The molecule has 36 heavy (non-hydrogen) atoms. The van der Waals surface area contributed by atoms with Crippen LogP contribution in [0.3, 0.4) is 0 Å². The van der Waals surface area contributed by atoms with E-state index in [2.05, 4.69) is 0 Å². The molecule has 0 spiro atoms. The molecule has 1 aliphatic carbocycles. The Kier molecular flexibility index (Phi) is 7.10. The second-order valence-corrected chi connectivity index (χ2v) is 9.33. The molecular formula is C29H29NO6. The Labute approximate surface area is 210 Å². The molecule has 0 unspecified atom stereocenters. The second kappa shape index (κ2) is 10.2. The van der Waals surface area contributed by atoms with E-state index in [1.807, 2.05) is 78.9 Å². The Balaban J connectivity index is 1.48. The number of fused-ring (bicyclic) bond motifs is 3. The molecule has 7 nitrogen and oxygen atoms in total. The molecule has 0 saturated carbocycles. The van der Waals surface area contributed by atoms with Crippen molar-refractivity contribution in [2.75, 3.05) is 13.7 Å². The number of hydrogen-bond donors (Lipinski definition) is 1. The highest BCUT2D eigenvalue weighted by atomic mass is 16.6. The minimum atomic E-state index is -1.35. The molecule has 0 heterocycles. The van der Waals surface area contributed by atoms with Crippen LogP contribution in [0, 0.1) is 0 Å². The van der Waals surface area contributed by atoms with Gasteiger partial charge in [-0.05, 0) is 41.7 Å². The van der Waals surface area contributed by atoms with Gasteiger partial charge in [-0.3, -0.25) is 9.69 Å². The number of esters is 1. The highest BCUT2D eigenvalue weighted by molar-refractivity contribution is 5.86. The Morgan fingerprint density at radius 3 is 1.97 bits per heavy atom. The number of aliphatic carboxylic acids is 1. The number of nitrogens with zero attached hydrogens (tertiary/aromatic N) is 1. The van der Waals surface area contributed by atoms with Gasteiger partial charge in [0.25, 0.3) is 0 Å². The van der Waals surface area contributed by atoms with Gasteiger partial charge in [-0.25, -0.2) is 9.59 Å². The van der Waals surface area contributed by atoms with Crippen molar-refractivity contribution in [3.63, 3.8) is 0 Å². The number of carboxylic acid groups (broad SMARTS) is 1. The molecule has 1 amide bonds. The number of benzene rings is 3. The zero-order chi connectivity index (χ0) is 25.9. The topological polar surface area (TPSA) is 93.1 Å². The normalized spacial score (nSPS) is 13.3. The summed E-state index contributed by atoms with van der Waals surface area (Å²) in [7, 11) is 1.35. The Morgan fingerprint density at radius 1 is 0.889 bits per heavy atom. The van der Waals surface area contributed by atoms with E-state index in [0.29, 0.717) is 0 Å². The maximum Gasteiger partial charge on any atom is 0.410 e. The molecule has 0 aliphatic heterocycles. The third-order valence-corrected chi connectivity index (χ3v) is 6.56. The van der Waals surface area contributed by atoms with Crippen molar-refractivity contribution in [1.82, 2.24) is 4.90 Å². The summed E-state index contributed by atoms with van der Waals surface area (Å²) >= 11 is 0. The molecule has 1 atom stereocenters. The molecule has 0 saturated heterocycles. The summed E-state index contributed by atoms with van der Waals surface area (Å²) in [4.78, 5) is 38.6. The average Bonchev–Trinajstić information content (AvgIpc) is 3.19. The first-order valence-corrected chi connectivity index (χ1v) is 11.8. The minimum Gasteiger partial charge on any atom is -0.481 e. The van der Waals surface area contributed by atoms with E-state index in [0.717, 1.165) is 32.7 Å². The lowest BCUT2D eigenvalue weighted by Gasteiger charge is -2.31. The molecule has 1 aliphatic rings. The Hall–Kier alpha value is -4.13. The van der Waals surface area contributed by atoms with Gasteiger partial charge in [0.05, 0.1) is 6.42 Å². The first-order chi connectivity index (χ1) is 17.2. The van der Waals surface area contributed by atoms with Gasteiger partial charge in [-0.1, -0.05) is 78.9 Å². The predicted octanol–water partition coefficient (Wildman–Crippen LogP) is 5.19. The van der Waals surface area contributed by atoms with Gasteiger partial charge < -0.3 is 14.6 Å². The van der Waals surface area contributed by atoms with Crippen molar-refractivity contribution in [1.29, 1.82) is 0 Å². The Morgan fingerprint density at radius 2 is 1.42 bits per heavy atom. The van der Waals surface area contributed by atoms with E-state index < -0.39 is 36.1 Å². The molecule has 3 aromatic rings. The summed E-state index contributed by atoms with van der Waals surface area (Å²) in [5.74, 6) is -2.20. The maximum absolute atomic E-state index is 13.1. The van der Waals surface area contributed by atoms with Crippen LogP contribution in [0.4, 0.5) is 4.79 Å². The van der Waals surface area contributed by atoms with Gasteiger partial charge in [0.2, 0.25) is 0 Å². The van der Waals surface area contributed by atoms with Gasteiger partial charge in [0.15, 0.2) is 0 Å². The molecule has 0 bridgehead atoms. The predicted molar refractivity (Wildman–Crippen MR) is 134 cm³/mol. The molecule has 186 valence electrons. The third-order valence-electron chi connectivity index (χ3n) is 6.56. The highest BCUT2D eigenvalue weighted by Gasteiger charge is 2.37. The van der Waals surface area contributed by atoms with Crippen LogP contribution in [-0.4, -0.2) is 47.7 Å². The van der Waals surface area contributed by atoms with E-state index in [-0.39, 0.29) is 12.5 Å². The molecule has 0 aromatic heterocycles. The zero-order valence-corrected chi connectivity index (χ0v) is 20.5. The minimum absolute atomic E-state index is 0.0571. The lowest BCUT2D eigenvalue weighted by molar-refractivity contribution is -0.165. The van der Waals surface area contributed by atoms with Crippen molar-refractivity contribution in [3.05, 3.63) is 95.6 Å². The number of rotatable bonds is 8. The quantitative estimate of drug-likeness (QED) is 0.440. The number of amides is 1. The van der Waals surface area contributed by atoms with Crippen LogP contribution < -0.4 is 0 Å². The zero-order valence-electron chi connectivity index (χ0n) is 20.5. The van der Waals surface area contributed by atoms with E-state index in [1.165, 1.54) is 7.05 Å². The third kappa shape index (κ3) is 5.10. The van der Waals surface area contributed by atoms with E-state index in [9.17, 15) is 19.5 Å². The average molecular weight is 488 g/mol. The molecule has 0 fully saturated rings. The van der Waals surface area contributed by atoms with Crippen molar-refractivity contribution < 1.29 is 29.0 Å². The molecule has 4 rings (SSSR count). The van der Waals surface area contributed by atoms with Crippen molar-refractivity contribution in [3.8, 4) is 11.1 Å². The lowest BCUT2D eigenvalue weighted by atomic mass is 9.98. The van der Waals surface area contributed by atoms with Gasteiger partial charge >= 0.3 is 18.0 Å². The molecule has 7 heteroatoms. The summed E-state index contributed by atoms with van der Waals surface area (Å²) < 4.78 is 11.3. The Bertz CT molecular complexity index is 1220. The first kappa shape index (κ1) is 25.0. The van der Waals surface area contributed by atoms with Gasteiger partial charge in [0, 0.05) is 13.0 Å². The van der Waals surface area contributed by atoms with Crippen LogP contribution in [0.15, 0.2) is 78.9 Å². The van der Waals surface area contributed by atoms with Crippen molar-refractivity contribution in [2.45, 2.75) is 37.8 Å². The fourth-order valence-corrected chi connectivity index (χ4v) is 4.58. The molecule has 0 radical (unpaired) electrons. The second-order valence-electron chi connectivity index (χ2n) is 9.33. The van der Waals surface area contributed by atoms with E-state index in [4.69, 9.17) is 9.47 Å². The summed E-state index contributed by atoms with van der Waals surface area (Å²) in [6, 6.07) is 23.7. The number of carbonyl (C=O) groups is 3. The van der Waals surface area contributed by atoms with Crippen LogP contribution in [0.1, 0.15) is 42.9 Å². The van der Waals surface area contributed by atoms with Crippen LogP contribution in [0.25, 0.3) is 11.1 Å². The van der Waals surface area contributed by atoms with Crippen LogP contribution in [0.5, 0.6) is 0 Å². The standard InChI is InChI=1S/C29H29NO6/c1-29(2,19-11-5-4-6-12-19)36-27(33)25(17-26(31)32)30(3)28(34)35-18-24-22-15-9-7-13-20(22)21-14-8-10-16-23(21)24/h4-16,24-25H,17-18H2,1-3H3,(H,31,32)/t25-/m0/s1. The first-order valence-electron chi connectivity index (χ1n) is 11.8. The lowest BCUT2D eigenvalue weighted by Crippen LogP contribution is -2.46. The monoisotopic (exact) mass is 487 g/mol. The maximum atomic E-state index is 13.1. The summed E-state index contributed by atoms with van der Waals surface area (Å²) in [5.41, 5.74) is 4.03. The number of ether oxygens (including phenoxy) is 2. The summed E-state index contributed by atoms with van der Waals surface area (Å²) in [5, 5.41) is 9.41. The number of hydrogen-bond acceptors (Lipinski definition) is 5. The number of likely N-dealkylation sites (N-methyl/N-ethyl adjacent to an activating group) is 1. The molecule has 3 aromatic carbocycles. The van der Waals surface area contributed by atoms with E-state index in [1.54, 1.807) is 13.8 Å². The molecular weight excluding hydrogens is 458 g/mol. The summed E-state index contributed by atoms with van der Waals surface area (Å²) in [6.07, 6.45) is -1.40. The van der Waals surface area contributed by atoms with Gasteiger partial charge in [0.1, 0.15) is 18.2 Å². The highest BCUT2D eigenvalue weighted by Crippen LogP contribution is 2.44. The van der Waals surface area contributed by atoms with Crippen LogP contribution in [0.2, 0.25) is 0 Å². The number of carboxylic acids is 1. The fourth-order valence-electron chi connectivity index (χ4n) is 4.58.